The van der Waals surface area contributed by atoms with E-state index in [-0.39, 0.29) is 11.8 Å². The zero-order chi connectivity index (χ0) is 16.7. The lowest BCUT2D eigenvalue weighted by molar-refractivity contribution is -0.117. The van der Waals surface area contributed by atoms with Gasteiger partial charge in [-0.1, -0.05) is 25.5 Å². The lowest BCUT2D eigenvalue weighted by atomic mass is 10.0. The maximum atomic E-state index is 13.1. The van der Waals surface area contributed by atoms with Crippen LogP contribution in [-0.2, 0) is 4.79 Å². The molecule has 1 aliphatic heterocycles. The summed E-state index contributed by atoms with van der Waals surface area (Å²) in [6.07, 6.45) is 7.09. The molecular weight excluding hydrogens is 304 g/mol. The third-order valence-corrected chi connectivity index (χ3v) is 4.59. The molecule has 1 aliphatic carbocycles. The average Bonchev–Trinajstić information content (AvgIpc) is 3.32. The molecule has 0 radical (unpaired) electrons. The standard InChI is InChI=1S/C18H20N4O2/c1-2-5-16-17(23)20-14-6-3-4-7-15(14)22(16)18(24)12-10-19-21(11-12)13-8-9-13/h3-4,6-7,10-11,13,16H,2,5,8-9H2,1H3,(H,20,23)/t16-/m0/s1. The highest BCUT2D eigenvalue weighted by molar-refractivity contribution is 6.16. The first-order valence-corrected chi connectivity index (χ1v) is 8.46. The molecule has 2 amide bonds. The van der Waals surface area contributed by atoms with E-state index in [0.29, 0.717) is 23.7 Å². The molecule has 0 saturated heterocycles. The molecule has 1 atom stereocenters. The molecule has 0 spiro atoms. The summed E-state index contributed by atoms with van der Waals surface area (Å²) >= 11 is 0. The summed E-state index contributed by atoms with van der Waals surface area (Å²) in [5, 5.41) is 7.22. The minimum absolute atomic E-state index is 0.126. The van der Waals surface area contributed by atoms with Crippen molar-refractivity contribution in [2.45, 2.75) is 44.7 Å². The van der Waals surface area contributed by atoms with Gasteiger partial charge in [0.15, 0.2) is 0 Å². The molecule has 0 bridgehead atoms. The number of amides is 2. The van der Waals surface area contributed by atoms with Crippen LogP contribution < -0.4 is 10.2 Å². The average molecular weight is 324 g/mol. The molecule has 24 heavy (non-hydrogen) atoms. The first kappa shape index (κ1) is 14.9. The summed E-state index contributed by atoms with van der Waals surface area (Å²) in [5.41, 5.74) is 1.96. The van der Waals surface area contributed by atoms with E-state index in [1.807, 2.05) is 35.9 Å². The summed E-state index contributed by atoms with van der Waals surface area (Å²) in [7, 11) is 0. The van der Waals surface area contributed by atoms with Crippen molar-refractivity contribution in [2.24, 2.45) is 0 Å². The number of fused-ring (bicyclic) bond motifs is 1. The van der Waals surface area contributed by atoms with Gasteiger partial charge in [0, 0.05) is 6.20 Å². The van der Waals surface area contributed by atoms with Crippen molar-refractivity contribution in [1.82, 2.24) is 9.78 Å². The molecule has 4 rings (SSSR count). The van der Waals surface area contributed by atoms with Crippen LogP contribution in [0.1, 0.15) is 49.0 Å². The van der Waals surface area contributed by atoms with Gasteiger partial charge >= 0.3 is 0 Å². The van der Waals surface area contributed by atoms with Crippen LogP contribution in [0, 0.1) is 0 Å². The predicted molar refractivity (Wildman–Crippen MR) is 91.1 cm³/mol. The SMILES string of the molecule is CCC[C@H]1C(=O)Nc2ccccc2N1C(=O)c1cnn(C2CC2)c1. The third kappa shape index (κ3) is 2.48. The topological polar surface area (TPSA) is 67.2 Å². The molecular formula is C18H20N4O2. The van der Waals surface area contributed by atoms with E-state index in [2.05, 4.69) is 10.4 Å². The molecule has 2 heterocycles. The maximum absolute atomic E-state index is 13.1. The van der Waals surface area contributed by atoms with Crippen molar-refractivity contribution < 1.29 is 9.59 Å². The van der Waals surface area contributed by atoms with Gasteiger partial charge in [0.2, 0.25) is 5.91 Å². The minimum atomic E-state index is -0.485. The number of carbonyl (C=O) groups excluding carboxylic acids is 2. The van der Waals surface area contributed by atoms with Gasteiger partial charge in [-0.3, -0.25) is 19.2 Å². The van der Waals surface area contributed by atoms with Crippen molar-refractivity contribution in [3.63, 3.8) is 0 Å². The van der Waals surface area contributed by atoms with Gasteiger partial charge in [0.25, 0.3) is 5.91 Å². The van der Waals surface area contributed by atoms with E-state index >= 15 is 0 Å². The summed E-state index contributed by atoms with van der Waals surface area (Å²) in [6, 6.07) is 7.38. The number of rotatable bonds is 4. The number of anilines is 2. The molecule has 6 heteroatoms. The van der Waals surface area contributed by atoms with Crippen LogP contribution in [0.5, 0.6) is 0 Å². The maximum Gasteiger partial charge on any atom is 0.262 e. The Morgan fingerprint density at radius 3 is 2.88 bits per heavy atom. The molecule has 1 aromatic heterocycles. The second-order valence-electron chi connectivity index (χ2n) is 6.43. The largest absolute Gasteiger partial charge is 0.322 e. The van der Waals surface area contributed by atoms with Crippen molar-refractivity contribution >= 4 is 23.2 Å². The first-order valence-electron chi connectivity index (χ1n) is 8.46. The van der Waals surface area contributed by atoms with Gasteiger partial charge in [-0.2, -0.15) is 5.10 Å². The highest BCUT2D eigenvalue weighted by Crippen LogP contribution is 2.36. The van der Waals surface area contributed by atoms with Gasteiger partial charge in [-0.15, -0.1) is 0 Å². The molecule has 2 aliphatic rings. The number of carbonyl (C=O) groups is 2. The summed E-state index contributed by atoms with van der Waals surface area (Å²) < 4.78 is 1.86. The first-order chi connectivity index (χ1) is 11.7. The van der Waals surface area contributed by atoms with Crippen molar-refractivity contribution in [3.05, 3.63) is 42.2 Å². The number of aromatic nitrogens is 2. The van der Waals surface area contributed by atoms with Crippen LogP contribution in [-0.4, -0.2) is 27.6 Å². The van der Waals surface area contributed by atoms with Crippen LogP contribution in [0.2, 0.25) is 0 Å². The normalized spacial score (nSPS) is 19.8. The van der Waals surface area contributed by atoms with E-state index in [4.69, 9.17) is 0 Å². The van der Waals surface area contributed by atoms with Crippen LogP contribution in [0.25, 0.3) is 0 Å². The molecule has 124 valence electrons. The lowest BCUT2D eigenvalue weighted by Gasteiger charge is -2.36. The molecule has 6 nitrogen and oxygen atoms in total. The summed E-state index contributed by atoms with van der Waals surface area (Å²) in [5.74, 6) is -0.291. The predicted octanol–water partition coefficient (Wildman–Crippen LogP) is 2.99. The zero-order valence-corrected chi connectivity index (χ0v) is 13.6. The second-order valence-corrected chi connectivity index (χ2v) is 6.43. The quantitative estimate of drug-likeness (QED) is 0.940. The Balaban J connectivity index is 1.73. The van der Waals surface area contributed by atoms with Crippen LogP contribution in [0.15, 0.2) is 36.7 Å². The number of nitrogens with zero attached hydrogens (tertiary/aromatic N) is 3. The fraction of sp³-hybridized carbons (Fsp3) is 0.389. The number of para-hydroxylation sites is 2. The van der Waals surface area contributed by atoms with E-state index in [1.54, 1.807) is 17.3 Å². The fourth-order valence-electron chi connectivity index (χ4n) is 3.20. The number of hydrogen-bond acceptors (Lipinski definition) is 3. The smallest absolute Gasteiger partial charge is 0.262 e. The van der Waals surface area contributed by atoms with Crippen molar-refractivity contribution in [3.8, 4) is 0 Å². The van der Waals surface area contributed by atoms with Gasteiger partial charge in [-0.05, 0) is 31.4 Å². The number of benzene rings is 1. The van der Waals surface area contributed by atoms with Crippen molar-refractivity contribution in [1.29, 1.82) is 0 Å². The summed E-state index contributed by atoms with van der Waals surface area (Å²) in [6.45, 7) is 2.02. The van der Waals surface area contributed by atoms with Gasteiger partial charge in [-0.25, -0.2) is 0 Å². The lowest BCUT2D eigenvalue weighted by Crippen LogP contribution is -2.51. The van der Waals surface area contributed by atoms with Crippen LogP contribution in [0.4, 0.5) is 11.4 Å². The van der Waals surface area contributed by atoms with Gasteiger partial charge < -0.3 is 5.32 Å². The molecule has 1 aromatic carbocycles. The fourth-order valence-corrected chi connectivity index (χ4v) is 3.20. The van der Waals surface area contributed by atoms with E-state index in [1.165, 1.54) is 0 Å². The van der Waals surface area contributed by atoms with Crippen molar-refractivity contribution in [2.75, 3.05) is 10.2 Å². The number of hydrogen-bond donors (Lipinski definition) is 1. The molecule has 1 N–H and O–H groups in total. The Bertz CT molecular complexity index is 794. The Kier molecular flexibility index (Phi) is 3.59. The van der Waals surface area contributed by atoms with Gasteiger partial charge in [0.05, 0.1) is 29.2 Å². The zero-order valence-electron chi connectivity index (χ0n) is 13.6. The Hall–Kier alpha value is -2.63. The molecule has 1 saturated carbocycles. The molecule has 0 unspecified atom stereocenters. The Morgan fingerprint density at radius 1 is 1.33 bits per heavy atom. The van der Waals surface area contributed by atoms with Gasteiger partial charge in [0.1, 0.15) is 6.04 Å². The van der Waals surface area contributed by atoms with Crippen LogP contribution >= 0.6 is 0 Å². The third-order valence-electron chi connectivity index (χ3n) is 4.59. The number of nitrogens with one attached hydrogen (secondary N) is 1. The summed E-state index contributed by atoms with van der Waals surface area (Å²) in [4.78, 5) is 27.3. The van der Waals surface area contributed by atoms with Crippen LogP contribution in [0.3, 0.4) is 0 Å². The molecule has 2 aromatic rings. The highest BCUT2D eigenvalue weighted by Gasteiger charge is 2.37. The minimum Gasteiger partial charge on any atom is -0.322 e. The molecule has 1 fully saturated rings. The Morgan fingerprint density at radius 2 is 2.12 bits per heavy atom. The Labute approximate surface area is 140 Å². The van der Waals surface area contributed by atoms with E-state index in [9.17, 15) is 9.59 Å². The highest BCUT2D eigenvalue weighted by atomic mass is 16.2. The van der Waals surface area contributed by atoms with E-state index < -0.39 is 6.04 Å². The monoisotopic (exact) mass is 324 g/mol. The second kappa shape index (κ2) is 5.78. The van der Waals surface area contributed by atoms with E-state index in [0.717, 1.165) is 24.9 Å².